The number of piperazine rings is 1. The Labute approximate surface area is 147 Å². The highest BCUT2D eigenvalue weighted by Crippen LogP contribution is 2.32. The molecule has 0 spiro atoms. The number of rotatable bonds is 1. The minimum atomic E-state index is -0.00298. The number of halogens is 1. The van der Waals surface area contributed by atoms with Crippen LogP contribution in [0.4, 0.5) is 0 Å². The second-order valence-electron chi connectivity index (χ2n) is 6.27. The summed E-state index contributed by atoms with van der Waals surface area (Å²) in [6.45, 7) is 6.42. The van der Waals surface area contributed by atoms with Crippen molar-refractivity contribution in [3.8, 4) is 0 Å². The number of furan rings is 1. The average molecular weight is 345 g/mol. The Morgan fingerprint density at radius 1 is 1.21 bits per heavy atom. The van der Waals surface area contributed by atoms with Gasteiger partial charge in [-0.15, -0.1) is 12.4 Å². The third kappa shape index (κ3) is 2.56. The van der Waals surface area contributed by atoms with Gasteiger partial charge >= 0.3 is 0 Å². The van der Waals surface area contributed by atoms with Crippen LogP contribution in [-0.4, -0.2) is 36.5 Å². The molecule has 1 amide bonds. The predicted molar refractivity (Wildman–Crippen MR) is 99.1 cm³/mol. The number of nitrogens with zero attached hydrogens (tertiary/aromatic N) is 1. The molecule has 0 radical (unpaired) electrons. The summed E-state index contributed by atoms with van der Waals surface area (Å²) in [6, 6.07) is 12.4. The van der Waals surface area contributed by atoms with E-state index in [1.807, 2.05) is 30.0 Å². The molecule has 0 aliphatic carbocycles. The fourth-order valence-electron chi connectivity index (χ4n) is 3.43. The molecule has 126 valence electrons. The van der Waals surface area contributed by atoms with E-state index < -0.39 is 0 Å². The minimum Gasteiger partial charge on any atom is -0.450 e. The third-order valence-electron chi connectivity index (χ3n) is 4.78. The zero-order valence-electron chi connectivity index (χ0n) is 13.8. The first kappa shape index (κ1) is 16.8. The SMILES string of the molecule is Cc1c(C(=O)N2CCNCC2C)oc2c1ccc1ccccc12.Cl. The first-order valence-corrected chi connectivity index (χ1v) is 8.09. The van der Waals surface area contributed by atoms with Crippen LogP contribution in [0.25, 0.3) is 21.7 Å². The lowest BCUT2D eigenvalue weighted by Gasteiger charge is -2.33. The molecular weight excluding hydrogens is 324 g/mol. The Morgan fingerprint density at radius 3 is 2.79 bits per heavy atom. The number of hydrogen-bond donors (Lipinski definition) is 1. The maximum absolute atomic E-state index is 12.9. The molecule has 1 aliphatic heterocycles. The number of amides is 1. The van der Waals surface area contributed by atoms with Gasteiger partial charge in [0, 0.05) is 42.0 Å². The van der Waals surface area contributed by atoms with E-state index in [-0.39, 0.29) is 24.4 Å². The lowest BCUT2D eigenvalue weighted by Crippen LogP contribution is -2.52. The Bertz CT molecular complexity index is 903. The van der Waals surface area contributed by atoms with Crippen molar-refractivity contribution >= 4 is 40.1 Å². The van der Waals surface area contributed by atoms with Gasteiger partial charge in [-0.2, -0.15) is 0 Å². The van der Waals surface area contributed by atoms with Crippen LogP contribution in [0.1, 0.15) is 23.0 Å². The zero-order chi connectivity index (χ0) is 16.0. The molecule has 1 N–H and O–H groups in total. The van der Waals surface area contributed by atoms with Crippen LogP contribution in [0, 0.1) is 6.92 Å². The third-order valence-corrected chi connectivity index (χ3v) is 4.78. The van der Waals surface area contributed by atoms with Crippen LogP contribution in [0.3, 0.4) is 0 Å². The number of nitrogens with one attached hydrogen (secondary N) is 1. The summed E-state index contributed by atoms with van der Waals surface area (Å²) in [7, 11) is 0. The minimum absolute atomic E-state index is 0. The molecule has 24 heavy (non-hydrogen) atoms. The maximum atomic E-state index is 12.9. The molecule has 3 aromatic rings. The van der Waals surface area contributed by atoms with Gasteiger partial charge in [0.25, 0.3) is 5.91 Å². The van der Waals surface area contributed by atoms with E-state index in [4.69, 9.17) is 4.42 Å². The fourth-order valence-corrected chi connectivity index (χ4v) is 3.43. The van der Waals surface area contributed by atoms with E-state index in [0.717, 1.165) is 46.9 Å². The van der Waals surface area contributed by atoms with Gasteiger partial charge in [-0.1, -0.05) is 36.4 Å². The topological polar surface area (TPSA) is 45.5 Å². The van der Waals surface area contributed by atoms with Gasteiger partial charge in [0.1, 0.15) is 5.58 Å². The van der Waals surface area contributed by atoms with E-state index in [9.17, 15) is 4.79 Å². The molecule has 0 saturated carbocycles. The molecule has 1 fully saturated rings. The molecule has 1 aliphatic rings. The number of benzene rings is 2. The van der Waals surface area contributed by atoms with Crippen LogP contribution in [0.15, 0.2) is 40.8 Å². The predicted octanol–water partition coefficient (Wildman–Crippen LogP) is 3.75. The van der Waals surface area contributed by atoms with Gasteiger partial charge in [-0.3, -0.25) is 4.79 Å². The molecule has 4 rings (SSSR count). The summed E-state index contributed by atoms with van der Waals surface area (Å²) in [4.78, 5) is 14.8. The lowest BCUT2D eigenvalue weighted by atomic mass is 10.1. The fraction of sp³-hybridized carbons (Fsp3) is 0.316. The largest absolute Gasteiger partial charge is 0.450 e. The molecule has 0 bridgehead atoms. The summed E-state index contributed by atoms with van der Waals surface area (Å²) in [6.07, 6.45) is 0. The van der Waals surface area contributed by atoms with Crippen molar-refractivity contribution in [3.63, 3.8) is 0 Å². The van der Waals surface area contributed by atoms with Crippen molar-refractivity contribution in [1.82, 2.24) is 10.2 Å². The number of aryl methyl sites for hydroxylation is 1. The van der Waals surface area contributed by atoms with Crippen LogP contribution in [0.2, 0.25) is 0 Å². The van der Waals surface area contributed by atoms with Gasteiger partial charge in [-0.25, -0.2) is 0 Å². The second-order valence-corrected chi connectivity index (χ2v) is 6.27. The second kappa shape index (κ2) is 6.46. The van der Waals surface area contributed by atoms with Gasteiger partial charge < -0.3 is 14.6 Å². The van der Waals surface area contributed by atoms with E-state index >= 15 is 0 Å². The standard InChI is InChI=1S/C19H20N2O2.ClH/c1-12-11-20-9-10-21(12)19(22)17-13(2)15-8-7-14-5-3-4-6-16(14)18(15)23-17;/h3-8,12,20H,9-11H2,1-2H3;1H. The van der Waals surface area contributed by atoms with Gasteiger partial charge in [0.05, 0.1) is 0 Å². The van der Waals surface area contributed by atoms with E-state index in [1.165, 1.54) is 0 Å². The Kier molecular flexibility index (Phi) is 4.52. The Balaban J connectivity index is 0.00000169. The summed E-state index contributed by atoms with van der Waals surface area (Å²) in [5.74, 6) is 0.474. The van der Waals surface area contributed by atoms with Crippen LogP contribution in [-0.2, 0) is 0 Å². The first-order valence-electron chi connectivity index (χ1n) is 8.09. The first-order chi connectivity index (χ1) is 11.2. The highest BCUT2D eigenvalue weighted by Gasteiger charge is 2.28. The number of carbonyl (C=O) groups excluding carboxylic acids is 1. The maximum Gasteiger partial charge on any atom is 0.290 e. The Morgan fingerprint density at radius 2 is 2.00 bits per heavy atom. The smallest absolute Gasteiger partial charge is 0.290 e. The number of carbonyl (C=O) groups is 1. The molecule has 5 heteroatoms. The van der Waals surface area contributed by atoms with Crippen molar-refractivity contribution < 1.29 is 9.21 Å². The molecular formula is C19H21ClN2O2. The van der Waals surface area contributed by atoms with Crippen molar-refractivity contribution in [2.24, 2.45) is 0 Å². The quantitative estimate of drug-likeness (QED) is 0.731. The van der Waals surface area contributed by atoms with Crippen LogP contribution >= 0.6 is 12.4 Å². The van der Waals surface area contributed by atoms with Crippen molar-refractivity contribution in [1.29, 1.82) is 0 Å². The zero-order valence-corrected chi connectivity index (χ0v) is 14.7. The van der Waals surface area contributed by atoms with E-state index in [0.29, 0.717) is 5.76 Å². The Hall–Kier alpha value is -2.04. The number of fused-ring (bicyclic) bond motifs is 3. The highest BCUT2D eigenvalue weighted by atomic mass is 35.5. The van der Waals surface area contributed by atoms with Crippen molar-refractivity contribution in [2.45, 2.75) is 19.9 Å². The molecule has 1 aromatic heterocycles. The molecule has 4 nitrogen and oxygen atoms in total. The normalized spacial score (nSPS) is 17.9. The molecule has 2 aromatic carbocycles. The molecule has 1 unspecified atom stereocenters. The number of hydrogen-bond acceptors (Lipinski definition) is 3. The lowest BCUT2D eigenvalue weighted by molar-refractivity contribution is 0.0624. The summed E-state index contributed by atoms with van der Waals surface area (Å²) < 4.78 is 6.06. The van der Waals surface area contributed by atoms with Crippen LogP contribution in [0.5, 0.6) is 0 Å². The van der Waals surface area contributed by atoms with Crippen molar-refractivity contribution in [2.75, 3.05) is 19.6 Å². The van der Waals surface area contributed by atoms with Crippen LogP contribution < -0.4 is 5.32 Å². The monoisotopic (exact) mass is 344 g/mol. The summed E-state index contributed by atoms with van der Waals surface area (Å²) in [5.41, 5.74) is 1.74. The summed E-state index contributed by atoms with van der Waals surface area (Å²) in [5, 5.41) is 6.52. The molecule has 1 atom stereocenters. The van der Waals surface area contributed by atoms with Crippen molar-refractivity contribution in [3.05, 3.63) is 47.7 Å². The average Bonchev–Trinajstić information content (AvgIpc) is 2.92. The van der Waals surface area contributed by atoms with E-state index in [2.05, 4.69) is 30.4 Å². The molecule has 2 heterocycles. The molecule has 1 saturated heterocycles. The van der Waals surface area contributed by atoms with Gasteiger partial charge in [0.15, 0.2) is 5.76 Å². The van der Waals surface area contributed by atoms with Gasteiger partial charge in [-0.05, 0) is 19.2 Å². The summed E-state index contributed by atoms with van der Waals surface area (Å²) >= 11 is 0. The van der Waals surface area contributed by atoms with E-state index in [1.54, 1.807) is 0 Å². The van der Waals surface area contributed by atoms with Gasteiger partial charge in [0.2, 0.25) is 0 Å². The highest BCUT2D eigenvalue weighted by molar-refractivity contribution is 6.08.